The van der Waals surface area contributed by atoms with E-state index in [2.05, 4.69) is 0 Å². The molecule has 0 aromatic rings. The van der Waals surface area contributed by atoms with Crippen molar-refractivity contribution in [2.75, 3.05) is 33.2 Å². The minimum Gasteiger partial charge on any atom is -0.343 e. The largest absolute Gasteiger partial charge is 0.401 e. The van der Waals surface area contributed by atoms with E-state index < -0.39 is 12.7 Å². The van der Waals surface area contributed by atoms with E-state index in [0.717, 1.165) is 4.90 Å². The number of nitrogens with zero attached hydrogens (tertiary/aromatic N) is 2. The van der Waals surface area contributed by atoms with Crippen molar-refractivity contribution in [2.24, 2.45) is 0 Å². The molecule has 1 amide bonds. The second-order valence-corrected chi connectivity index (χ2v) is 3.14. The van der Waals surface area contributed by atoms with Gasteiger partial charge in [0.2, 0.25) is 5.91 Å². The maximum absolute atomic E-state index is 11.9. The van der Waals surface area contributed by atoms with E-state index in [1.807, 2.05) is 0 Å². The second kappa shape index (κ2) is 3.53. The zero-order chi connectivity index (χ0) is 10.1. The van der Waals surface area contributed by atoms with Gasteiger partial charge in [0.1, 0.15) is 0 Å². The predicted octanol–water partition coefficient (Wildman–Crippen LogP) is 0.323. The van der Waals surface area contributed by atoms with Gasteiger partial charge in [0.25, 0.3) is 0 Å². The Morgan fingerprint density at radius 2 is 2.00 bits per heavy atom. The Kier molecular flexibility index (Phi) is 2.80. The minimum absolute atomic E-state index is 0.129. The van der Waals surface area contributed by atoms with Crippen LogP contribution < -0.4 is 0 Å². The van der Waals surface area contributed by atoms with Crippen LogP contribution >= 0.6 is 0 Å². The third kappa shape index (κ3) is 3.22. The molecule has 13 heavy (non-hydrogen) atoms. The highest BCUT2D eigenvalue weighted by Crippen LogP contribution is 2.17. The van der Waals surface area contributed by atoms with Crippen LogP contribution in [0.1, 0.15) is 0 Å². The molecule has 6 heteroatoms. The van der Waals surface area contributed by atoms with Gasteiger partial charge in [-0.25, -0.2) is 0 Å². The van der Waals surface area contributed by atoms with Crippen LogP contribution in [0.25, 0.3) is 0 Å². The summed E-state index contributed by atoms with van der Waals surface area (Å²) in [6, 6.07) is 0. The molecule has 1 fully saturated rings. The summed E-state index contributed by atoms with van der Waals surface area (Å²) in [6.45, 7) is -0.459. The van der Waals surface area contributed by atoms with Gasteiger partial charge < -0.3 is 4.90 Å². The Hall–Kier alpha value is -0.780. The Balaban J connectivity index is 2.42. The third-order valence-electron chi connectivity index (χ3n) is 1.94. The van der Waals surface area contributed by atoms with E-state index in [9.17, 15) is 18.0 Å². The molecule has 0 atom stereocenters. The van der Waals surface area contributed by atoms with Crippen molar-refractivity contribution in [1.29, 1.82) is 0 Å². The summed E-state index contributed by atoms with van der Waals surface area (Å²) < 4.78 is 35.7. The number of alkyl halides is 3. The lowest BCUT2D eigenvalue weighted by molar-refractivity contribution is -0.156. The van der Waals surface area contributed by atoms with E-state index in [-0.39, 0.29) is 12.5 Å². The SMILES string of the molecule is CN1CCN(CC(F)(F)F)CC1=O. The van der Waals surface area contributed by atoms with E-state index >= 15 is 0 Å². The van der Waals surface area contributed by atoms with Crippen LogP contribution in [-0.2, 0) is 4.79 Å². The Morgan fingerprint density at radius 3 is 2.46 bits per heavy atom. The number of amides is 1. The van der Waals surface area contributed by atoms with Gasteiger partial charge >= 0.3 is 6.18 Å². The lowest BCUT2D eigenvalue weighted by atomic mass is 10.3. The fraction of sp³-hybridized carbons (Fsp3) is 0.857. The van der Waals surface area contributed by atoms with Gasteiger partial charge in [-0.3, -0.25) is 9.69 Å². The molecular formula is C7H11F3N2O. The number of halogens is 3. The van der Waals surface area contributed by atoms with Crippen molar-refractivity contribution in [3.8, 4) is 0 Å². The van der Waals surface area contributed by atoms with Gasteiger partial charge in [0.15, 0.2) is 0 Å². The highest BCUT2D eigenvalue weighted by Gasteiger charge is 2.33. The molecule has 1 aliphatic rings. The normalized spacial score (nSPS) is 20.9. The fourth-order valence-corrected chi connectivity index (χ4v) is 1.20. The van der Waals surface area contributed by atoms with Crippen LogP contribution in [0, 0.1) is 0 Å². The first kappa shape index (κ1) is 10.3. The number of carbonyl (C=O) groups excluding carboxylic acids is 1. The number of hydrogen-bond donors (Lipinski definition) is 0. The topological polar surface area (TPSA) is 23.6 Å². The molecule has 0 aromatic carbocycles. The summed E-state index contributed by atoms with van der Waals surface area (Å²) >= 11 is 0. The average molecular weight is 196 g/mol. The first-order chi connectivity index (χ1) is 5.88. The van der Waals surface area contributed by atoms with Crippen LogP contribution in [0.4, 0.5) is 13.2 Å². The number of hydrogen-bond acceptors (Lipinski definition) is 2. The summed E-state index contributed by atoms with van der Waals surface area (Å²) in [5, 5.41) is 0. The van der Waals surface area contributed by atoms with Crippen molar-refractivity contribution < 1.29 is 18.0 Å². The van der Waals surface area contributed by atoms with E-state index in [1.54, 1.807) is 7.05 Å². The van der Waals surface area contributed by atoms with Gasteiger partial charge in [-0.2, -0.15) is 13.2 Å². The molecule has 0 saturated carbocycles. The first-order valence-electron chi connectivity index (χ1n) is 3.91. The van der Waals surface area contributed by atoms with Gasteiger partial charge in [0, 0.05) is 20.1 Å². The molecule has 0 radical (unpaired) electrons. The summed E-state index contributed by atoms with van der Waals surface area (Å²) in [6.07, 6.45) is -4.21. The van der Waals surface area contributed by atoms with Crippen LogP contribution in [0.2, 0.25) is 0 Å². The molecule has 0 aliphatic carbocycles. The zero-order valence-corrected chi connectivity index (χ0v) is 7.26. The summed E-state index contributed by atoms with van der Waals surface area (Å²) in [5.41, 5.74) is 0. The molecule has 1 heterocycles. The molecule has 0 N–H and O–H groups in total. The van der Waals surface area contributed by atoms with Crippen molar-refractivity contribution in [2.45, 2.75) is 6.18 Å². The molecule has 0 aromatic heterocycles. The Labute approximate surface area is 74.1 Å². The van der Waals surface area contributed by atoms with Gasteiger partial charge in [-0.1, -0.05) is 0 Å². The minimum atomic E-state index is -4.21. The van der Waals surface area contributed by atoms with Crippen LogP contribution in [0.15, 0.2) is 0 Å². The smallest absolute Gasteiger partial charge is 0.343 e. The highest BCUT2D eigenvalue weighted by molar-refractivity contribution is 5.78. The van der Waals surface area contributed by atoms with Crippen LogP contribution in [0.5, 0.6) is 0 Å². The lowest BCUT2D eigenvalue weighted by Gasteiger charge is -2.32. The second-order valence-electron chi connectivity index (χ2n) is 3.14. The van der Waals surface area contributed by atoms with Crippen molar-refractivity contribution >= 4 is 5.91 Å². The van der Waals surface area contributed by atoms with E-state index in [0.29, 0.717) is 13.1 Å². The number of rotatable bonds is 1. The standard InChI is InChI=1S/C7H11F3N2O/c1-11-2-3-12(4-6(11)13)5-7(8,9)10/h2-5H2,1H3. The molecule has 1 rings (SSSR count). The average Bonchev–Trinajstić information content (AvgIpc) is 1.94. The molecular weight excluding hydrogens is 185 g/mol. The third-order valence-corrected chi connectivity index (χ3v) is 1.94. The number of likely N-dealkylation sites (N-methyl/N-ethyl adjacent to an activating group) is 1. The van der Waals surface area contributed by atoms with Gasteiger partial charge in [-0.05, 0) is 0 Å². The Morgan fingerprint density at radius 1 is 1.38 bits per heavy atom. The summed E-state index contributed by atoms with van der Waals surface area (Å²) in [5.74, 6) is -0.254. The van der Waals surface area contributed by atoms with E-state index in [1.165, 1.54) is 4.90 Å². The highest BCUT2D eigenvalue weighted by atomic mass is 19.4. The summed E-state index contributed by atoms with van der Waals surface area (Å²) in [4.78, 5) is 13.6. The number of piperazine rings is 1. The van der Waals surface area contributed by atoms with Crippen LogP contribution in [0.3, 0.4) is 0 Å². The molecule has 0 bridgehead atoms. The zero-order valence-electron chi connectivity index (χ0n) is 7.26. The molecule has 1 aliphatic heterocycles. The molecule has 0 spiro atoms. The Bertz CT molecular complexity index is 204. The first-order valence-corrected chi connectivity index (χ1v) is 3.91. The van der Waals surface area contributed by atoms with Crippen molar-refractivity contribution in [3.05, 3.63) is 0 Å². The maximum atomic E-state index is 11.9. The molecule has 76 valence electrons. The molecule has 3 nitrogen and oxygen atoms in total. The summed E-state index contributed by atoms with van der Waals surface area (Å²) in [7, 11) is 1.59. The monoisotopic (exact) mass is 196 g/mol. The molecule has 0 unspecified atom stereocenters. The quantitative estimate of drug-likeness (QED) is 0.603. The van der Waals surface area contributed by atoms with E-state index in [4.69, 9.17) is 0 Å². The van der Waals surface area contributed by atoms with Crippen LogP contribution in [-0.4, -0.2) is 55.1 Å². The van der Waals surface area contributed by atoms with Gasteiger partial charge in [0.05, 0.1) is 13.1 Å². The lowest BCUT2D eigenvalue weighted by Crippen LogP contribution is -2.50. The fourth-order valence-electron chi connectivity index (χ4n) is 1.20. The predicted molar refractivity (Wildman–Crippen MR) is 40.1 cm³/mol. The van der Waals surface area contributed by atoms with Gasteiger partial charge in [-0.15, -0.1) is 0 Å². The number of carbonyl (C=O) groups is 1. The van der Waals surface area contributed by atoms with Crippen molar-refractivity contribution in [3.63, 3.8) is 0 Å². The molecule has 1 saturated heterocycles. The van der Waals surface area contributed by atoms with Crippen molar-refractivity contribution in [1.82, 2.24) is 9.80 Å². The maximum Gasteiger partial charge on any atom is 0.401 e.